The fourth-order valence-electron chi connectivity index (χ4n) is 2.60. The number of hydrogen-bond acceptors (Lipinski definition) is 6. The molecule has 31 heavy (non-hydrogen) atoms. The summed E-state index contributed by atoms with van der Waals surface area (Å²) in [5, 5.41) is 0.847. The van der Waals surface area contributed by atoms with Crippen LogP contribution in [0.15, 0.2) is 29.3 Å². The van der Waals surface area contributed by atoms with Crippen LogP contribution in [0, 0.1) is 0 Å². The van der Waals surface area contributed by atoms with Crippen molar-refractivity contribution in [2.24, 2.45) is 4.99 Å². The molecule has 0 unspecified atom stereocenters. The highest BCUT2D eigenvalue weighted by Gasteiger charge is 2.13. The van der Waals surface area contributed by atoms with Crippen molar-refractivity contribution in [3.8, 4) is 11.5 Å². The first-order valence-corrected chi connectivity index (χ1v) is 11.1. The lowest BCUT2D eigenvalue weighted by Crippen LogP contribution is -2.13. The third-order valence-electron chi connectivity index (χ3n) is 4.12. The predicted molar refractivity (Wildman–Crippen MR) is 124 cm³/mol. The summed E-state index contributed by atoms with van der Waals surface area (Å²) in [5.41, 5.74) is 1.17. The van der Waals surface area contributed by atoms with E-state index in [-0.39, 0.29) is 20.1 Å². The summed E-state index contributed by atoms with van der Waals surface area (Å²) in [7, 11) is 0. The molecule has 0 fully saturated rings. The van der Waals surface area contributed by atoms with Crippen molar-refractivity contribution >= 4 is 58.3 Å². The first-order valence-electron chi connectivity index (χ1n) is 9.56. The van der Waals surface area contributed by atoms with Gasteiger partial charge in [-0.05, 0) is 29.8 Å². The Morgan fingerprint density at radius 2 is 1.23 bits per heavy atom. The van der Waals surface area contributed by atoms with Gasteiger partial charge in [-0.25, -0.2) is 0 Å². The zero-order chi connectivity index (χ0) is 22.1. The van der Waals surface area contributed by atoms with E-state index in [4.69, 9.17) is 70.1 Å². The molecule has 0 amide bonds. The average Bonchev–Trinajstić information content (AvgIpc) is 2.78. The molecule has 0 spiro atoms. The molecule has 0 radical (unpaired) electrons. The Balaban J connectivity index is 1.76. The van der Waals surface area contributed by atoms with E-state index in [1.54, 1.807) is 12.3 Å². The van der Waals surface area contributed by atoms with E-state index in [1.165, 1.54) is 0 Å². The molecule has 2 aromatic rings. The van der Waals surface area contributed by atoms with E-state index >= 15 is 0 Å². The Labute approximate surface area is 200 Å². The van der Waals surface area contributed by atoms with Crippen LogP contribution in [0.5, 0.6) is 11.5 Å². The Morgan fingerprint density at radius 1 is 0.645 bits per heavy atom. The number of fused-ring (bicyclic) bond motifs is 1. The van der Waals surface area contributed by atoms with E-state index in [1.807, 2.05) is 18.2 Å². The van der Waals surface area contributed by atoms with Gasteiger partial charge in [0.2, 0.25) is 0 Å². The van der Waals surface area contributed by atoms with Gasteiger partial charge in [-0.2, -0.15) is 0 Å². The van der Waals surface area contributed by atoms with Crippen LogP contribution >= 0.6 is 46.4 Å². The molecule has 1 aliphatic heterocycles. The average molecular weight is 509 g/mol. The molecule has 0 bridgehead atoms. The molecule has 10 heteroatoms. The molecule has 0 aliphatic carbocycles. The maximum atomic E-state index is 6.22. The monoisotopic (exact) mass is 507 g/mol. The second-order valence-corrected chi connectivity index (χ2v) is 7.86. The van der Waals surface area contributed by atoms with E-state index in [0.717, 1.165) is 5.56 Å². The topological polar surface area (TPSA) is 58.5 Å². The number of halogens is 4. The number of ether oxygens (including phenoxy) is 5. The standard InChI is InChI=1S/C21H21Cl4NO5/c22-15-12-16(20(24)21(25)19(15)23)26-13-14-1-2-17-18(11-14)31-10-8-29-6-4-27-3-5-28-7-9-30-17/h1-2,11-13H,3-10H2. The fraction of sp³-hybridized carbons (Fsp3) is 0.381. The van der Waals surface area contributed by atoms with Crippen LogP contribution in [0.25, 0.3) is 0 Å². The molecule has 6 nitrogen and oxygen atoms in total. The van der Waals surface area contributed by atoms with Gasteiger partial charge in [-0.3, -0.25) is 4.99 Å². The maximum absolute atomic E-state index is 6.22. The Morgan fingerprint density at radius 3 is 1.87 bits per heavy atom. The lowest BCUT2D eigenvalue weighted by atomic mass is 10.2. The number of nitrogens with zero attached hydrogens (tertiary/aromatic N) is 1. The van der Waals surface area contributed by atoms with Crippen LogP contribution in [-0.4, -0.2) is 59.1 Å². The highest BCUT2D eigenvalue weighted by molar-refractivity contribution is 6.52. The van der Waals surface area contributed by atoms with E-state index in [9.17, 15) is 0 Å². The van der Waals surface area contributed by atoms with Crippen LogP contribution < -0.4 is 9.47 Å². The summed E-state index contributed by atoms with van der Waals surface area (Å²) >= 11 is 24.4. The summed E-state index contributed by atoms with van der Waals surface area (Å²) < 4.78 is 28.0. The van der Waals surface area contributed by atoms with Gasteiger partial charge in [0.05, 0.1) is 65.4 Å². The highest BCUT2D eigenvalue weighted by atomic mass is 35.5. The molecule has 0 atom stereocenters. The van der Waals surface area contributed by atoms with Crippen LogP contribution in [0.3, 0.4) is 0 Å². The highest BCUT2D eigenvalue weighted by Crippen LogP contribution is 2.42. The second-order valence-electron chi connectivity index (χ2n) is 6.32. The Hall–Kier alpha value is -1.25. The third-order valence-corrected chi connectivity index (χ3v) is 5.86. The van der Waals surface area contributed by atoms with Crippen molar-refractivity contribution in [3.63, 3.8) is 0 Å². The number of hydrogen-bond donors (Lipinski definition) is 0. The molecule has 0 saturated carbocycles. The van der Waals surface area contributed by atoms with Crippen molar-refractivity contribution in [3.05, 3.63) is 49.9 Å². The first kappa shape index (κ1) is 24.4. The molecule has 2 aromatic carbocycles. The third kappa shape index (κ3) is 7.39. The smallest absolute Gasteiger partial charge is 0.161 e. The Bertz CT molecular complexity index is 910. The number of benzene rings is 2. The lowest BCUT2D eigenvalue weighted by Gasteiger charge is -2.13. The largest absolute Gasteiger partial charge is 0.487 e. The lowest BCUT2D eigenvalue weighted by molar-refractivity contribution is 0.00708. The van der Waals surface area contributed by atoms with Gasteiger partial charge in [-0.15, -0.1) is 0 Å². The molecule has 1 aliphatic rings. The minimum atomic E-state index is 0.160. The van der Waals surface area contributed by atoms with E-state index in [2.05, 4.69) is 4.99 Å². The molecule has 168 valence electrons. The minimum absolute atomic E-state index is 0.160. The maximum Gasteiger partial charge on any atom is 0.161 e. The normalized spacial score (nSPS) is 16.6. The molecular weight excluding hydrogens is 488 g/mol. The molecular formula is C21H21Cl4NO5. The van der Waals surface area contributed by atoms with Gasteiger partial charge in [-0.1, -0.05) is 46.4 Å². The SMILES string of the molecule is Clc1cc(N=Cc2ccc3c(c2)OCCOCCOCCOCCO3)c(Cl)c(Cl)c1Cl. The molecule has 0 saturated heterocycles. The van der Waals surface area contributed by atoms with Gasteiger partial charge < -0.3 is 23.7 Å². The second kappa shape index (κ2) is 12.7. The zero-order valence-corrected chi connectivity index (χ0v) is 19.6. The molecule has 0 N–H and O–H groups in total. The summed E-state index contributed by atoms with van der Waals surface area (Å²) in [5.74, 6) is 1.17. The van der Waals surface area contributed by atoms with Crippen molar-refractivity contribution in [1.82, 2.24) is 0 Å². The van der Waals surface area contributed by atoms with Gasteiger partial charge in [0, 0.05) is 6.21 Å². The van der Waals surface area contributed by atoms with Gasteiger partial charge in [0.15, 0.2) is 11.5 Å². The summed E-state index contributed by atoms with van der Waals surface area (Å²) in [4.78, 5) is 4.38. The van der Waals surface area contributed by atoms with Crippen LogP contribution in [0.2, 0.25) is 20.1 Å². The van der Waals surface area contributed by atoms with Crippen LogP contribution in [-0.2, 0) is 14.2 Å². The van der Waals surface area contributed by atoms with Crippen LogP contribution in [0.4, 0.5) is 5.69 Å². The van der Waals surface area contributed by atoms with Crippen molar-refractivity contribution in [2.45, 2.75) is 0 Å². The van der Waals surface area contributed by atoms with E-state index < -0.39 is 0 Å². The van der Waals surface area contributed by atoms with Crippen molar-refractivity contribution in [2.75, 3.05) is 52.9 Å². The summed E-state index contributed by atoms with van der Waals surface area (Å²) in [6.45, 7) is 3.65. The van der Waals surface area contributed by atoms with Crippen molar-refractivity contribution in [1.29, 1.82) is 0 Å². The van der Waals surface area contributed by atoms with Crippen molar-refractivity contribution < 1.29 is 23.7 Å². The number of aliphatic imine (C=N–C) groups is 1. The molecule has 3 rings (SSSR count). The molecule has 0 aromatic heterocycles. The summed E-state index contributed by atoms with van der Waals surface area (Å²) in [6, 6.07) is 7.02. The fourth-order valence-corrected chi connectivity index (χ4v) is 3.44. The first-order chi connectivity index (χ1) is 15.1. The van der Waals surface area contributed by atoms with Gasteiger partial charge >= 0.3 is 0 Å². The van der Waals surface area contributed by atoms with Gasteiger partial charge in [0.25, 0.3) is 0 Å². The van der Waals surface area contributed by atoms with E-state index in [0.29, 0.717) is 70.0 Å². The zero-order valence-electron chi connectivity index (χ0n) is 16.5. The van der Waals surface area contributed by atoms with Crippen LogP contribution in [0.1, 0.15) is 5.56 Å². The minimum Gasteiger partial charge on any atom is -0.487 e. The quantitative estimate of drug-likeness (QED) is 0.288. The Kier molecular flexibility index (Phi) is 9.99. The number of rotatable bonds is 2. The van der Waals surface area contributed by atoms with Gasteiger partial charge in [0.1, 0.15) is 13.2 Å². The predicted octanol–water partition coefficient (Wildman–Crippen LogP) is 5.87. The summed E-state index contributed by atoms with van der Waals surface area (Å²) in [6.07, 6.45) is 1.62. The molecule has 1 heterocycles.